The molecule has 21 heavy (non-hydrogen) atoms. The summed E-state index contributed by atoms with van der Waals surface area (Å²) in [5, 5.41) is 11.7. The highest BCUT2D eigenvalue weighted by Gasteiger charge is 2.18. The van der Waals surface area contributed by atoms with Gasteiger partial charge in [0.25, 0.3) is 0 Å². The number of nitrogens with zero attached hydrogens (tertiary/aromatic N) is 1. The molecule has 0 heterocycles. The van der Waals surface area contributed by atoms with Crippen LogP contribution in [0.3, 0.4) is 0 Å². The zero-order valence-corrected chi connectivity index (χ0v) is 12.7. The molecule has 0 radical (unpaired) electrons. The Morgan fingerprint density at radius 3 is 2.52 bits per heavy atom. The third kappa shape index (κ3) is 6.29. The summed E-state index contributed by atoms with van der Waals surface area (Å²) in [5.41, 5.74) is 1.17. The number of rotatable bonds is 8. The standard InChI is InChI=1S/C16H24N2O3/c1-3-7-14(15(19)20)12-17-16(21)18(2)11-10-13-8-5-4-6-9-13/h4-6,8-9,14H,3,7,10-12H2,1-2H3,(H,17,21)(H,19,20). The van der Waals surface area contributed by atoms with Crippen LogP contribution in [0.25, 0.3) is 0 Å². The van der Waals surface area contributed by atoms with Gasteiger partial charge in [-0.15, -0.1) is 0 Å². The van der Waals surface area contributed by atoms with Gasteiger partial charge in [-0.1, -0.05) is 43.7 Å². The van der Waals surface area contributed by atoms with Crippen molar-refractivity contribution in [2.75, 3.05) is 20.1 Å². The third-order valence-corrected chi connectivity index (χ3v) is 3.41. The molecule has 116 valence electrons. The number of amides is 2. The fraction of sp³-hybridized carbons (Fsp3) is 0.500. The van der Waals surface area contributed by atoms with Gasteiger partial charge < -0.3 is 15.3 Å². The highest BCUT2D eigenvalue weighted by Crippen LogP contribution is 2.05. The zero-order chi connectivity index (χ0) is 15.7. The number of carbonyl (C=O) groups is 2. The number of carboxylic acids is 1. The van der Waals surface area contributed by atoms with Gasteiger partial charge in [-0.25, -0.2) is 4.79 Å². The molecule has 0 fully saturated rings. The maximum absolute atomic E-state index is 11.9. The van der Waals surface area contributed by atoms with Crippen molar-refractivity contribution in [1.29, 1.82) is 0 Å². The SMILES string of the molecule is CCCC(CNC(=O)N(C)CCc1ccccc1)C(=O)O. The lowest BCUT2D eigenvalue weighted by molar-refractivity contribution is -0.141. The summed E-state index contributed by atoms with van der Waals surface area (Å²) in [4.78, 5) is 24.5. The van der Waals surface area contributed by atoms with Crippen molar-refractivity contribution in [2.45, 2.75) is 26.2 Å². The maximum Gasteiger partial charge on any atom is 0.317 e. The Morgan fingerprint density at radius 2 is 1.95 bits per heavy atom. The molecule has 0 aliphatic rings. The molecule has 0 aliphatic heterocycles. The second-order valence-corrected chi connectivity index (χ2v) is 5.17. The minimum absolute atomic E-state index is 0.178. The van der Waals surface area contributed by atoms with Crippen LogP contribution in [-0.2, 0) is 11.2 Å². The number of aliphatic carboxylic acids is 1. The fourth-order valence-electron chi connectivity index (χ4n) is 2.05. The van der Waals surface area contributed by atoms with Gasteiger partial charge in [-0.05, 0) is 18.4 Å². The second-order valence-electron chi connectivity index (χ2n) is 5.17. The lowest BCUT2D eigenvalue weighted by atomic mass is 10.0. The summed E-state index contributed by atoms with van der Waals surface area (Å²) in [5.74, 6) is -1.37. The zero-order valence-electron chi connectivity index (χ0n) is 12.7. The summed E-state index contributed by atoms with van der Waals surface area (Å²) in [6.45, 7) is 2.71. The number of benzene rings is 1. The van der Waals surface area contributed by atoms with Gasteiger partial charge in [-0.2, -0.15) is 0 Å². The smallest absolute Gasteiger partial charge is 0.317 e. The van der Waals surface area contributed by atoms with Crippen LogP contribution >= 0.6 is 0 Å². The molecule has 0 aliphatic carbocycles. The van der Waals surface area contributed by atoms with Crippen LogP contribution in [-0.4, -0.2) is 42.1 Å². The van der Waals surface area contributed by atoms with Crippen LogP contribution in [0.2, 0.25) is 0 Å². The summed E-state index contributed by atoms with van der Waals surface area (Å²) in [7, 11) is 1.72. The number of hydrogen-bond donors (Lipinski definition) is 2. The van der Waals surface area contributed by atoms with Gasteiger partial charge in [0.2, 0.25) is 0 Å². The van der Waals surface area contributed by atoms with Crippen LogP contribution in [0.15, 0.2) is 30.3 Å². The fourth-order valence-corrected chi connectivity index (χ4v) is 2.05. The first kappa shape index (κ1) is 17.0. The van der Waals surface area contributed by atoms with E-state index in [0.717, 1.165) is 12.8 Å². The summed E-state index contributed by atoms with van der Waals surface area (Å²) in [6.07, 6.45) is 2.14. The number of urea groups is 1. The van der Waals surface area contributed by atoms with E-state index in [-0.39, 0.29) is 12.6 Å². The molecule has 0 bridgehead atoms. The first-order valence-corrected chi connectivity index (χ1v) is 7.30. The van der Waals surface area contributed by atoms with Gasteiger partial charge in [0, 0.05) is 20.1 Å². The van der Waals surface area contributed by atoms with Crippen molar-refractivity contribution in [2.24, 2.45) is 5.92 Å². The number of nitrogens with one attached hydrogen (secondary N) is 1. The molecular formula is C16H24N2O3. The van der Waals surface area contributed by atoms with Crippen molar-refractivity contribution >= 4 is 12.0 Å². The average Bonchev–Trinajstić information content (AvgIpc) is 2.49. The number of carbonyl (C=O) groups excluding carboxylic acids is 1. The van der Waals surface area contributed by atoms with Gasteiger partial charge in [0.05, 0.1) is 5.92 Å². The van der Waals surface area contributed by atoms with Gasteiger partial charge in [0.1, 0.15) is 0 Å². The molecule has 0 saturated carbocycles. The van der Waals surface area contributed by atoms with Crippen LogP contribution in [0.4, 0.5) is 4.79 Å². The predicted molar refractivity (Wildman–Crippen MR) is 82.2 cm³/mol. The van der Waals surface area contributed by atoms with Crippen LogP contribution in [0, 0.1) is 5.92 Å². The molecule has 2 N–H and O–H groups in total. The first-order valence-electron chi connectivity index (χ1n) is 7.30. The van der Waals surface area contributed by atoms with Crippen LogP contribution in [0.5, 0.6) is 0 Å². The molecule has 2 amide bonds. The van der Waals surface area contributed by atoms with Crippen LogP contribution in [0.1, 0.15) is 25.3 Å². The molecule has 1 aromatic rings. The lowest BCUT2D eigenvalue weighted by Gasteiger charge is -2.19. The van der Waals surface area contributed by atoms with E-state index in [1.165, 1.54) is 5.56 Å². The molecule has 0 saturated heterocycles. The Morgan fingerprint density at radius 1 is 1.29 bits per heavy atom. The van der Waals surface area contributed by atoms with Crippen molar-refractivity contribution < 1.29 is 14.7 Å². The molecule has 1 atom stereocenters. The van der Waals surface area contributed by atoms with Crippen molar-refractivity contribution in [1.82, 2.24) is 10.2 Å². The van der Waals surface area contributed by atoms with Gasteiger partial charge in [0.15, 0.2) is 0 Å². The van der Waals surface area contributed by atoms with E-state index in [2.05, 4.69) is 5.32 Å². The van der Waals surface area contributed by atoms with E-state index >= 15 is 0 Å². The Kier molecular flexibility index (Phi) is 7.29. The van der Waals surface area contributed by atoms with Crippen molar-refractivity contribution in [3.8, 4) is 0 Å². The highest BCUT2D eigenvalue weighted by molar-refractivity contribution is 5.75. The average molecular weight is 292 g/mol. The monoisotopic (exact) mass is 292 g/mol. The lowest BCUT2D eigenvalue weighted by Crippen LogP contribution is -2.41. The molecule has 0 spiro atoms. The van der Waals surface area contributed by atoms with E-state index < -0.39 is 11.9 Å². The van der Waals surface area contributed by atoms with Gasteiger partial charge >= 0.3 is 12.0 Å². The largest absolute Gasteiger partial charge is 0.481 e. The van der Waals surface area contributed by atoms with Gasteiger partial charge in [-0.3, -0.25) is 4.79 Å². The molecular weight excluding hydrogens is 268 g/mol. The van der Waals surface area contributed by atoms with Crippen molar-refractivity contribution in [3.05, 3.63) is 35.9 Å². The molecule has 0 aromatic heterocycles. The van der Waals surface area contributed by atoms with E-state index in [1.807, 2.05) is 37.3 Å². The Balaban J connectivity index is 2.35. The highest BCUT2D eigenvalue weighted by atomic mass is 16.4. The first-order chi connectivity index (χ1) is 10.0. The molecule has 1 rings (SSSR count). The van der Waals surface area contributed by atoms with E-state index in [1.54, 1.807) is 11.9 Å². The third-order valence-electron chi connectivity index (χ3n) is 3.41. The molecule has 5 nitrogen and oxygen atoms in total. The number of likely N-dealkylation sites (N-methyl/N-ethyl adjacent to an activating group) is 1. The number of carboxylic acid groups (broad SMARTS) is 1. The predicted octanol–water partition coefficient (Wildman–Crippen LogP) is 2.37. The topological polar surface area (TPSA) is 69.6 Å². The van der Waals surface area contributed by atoms with Crippen LogP contribution < -0.4 is 5.32 Å². The molecule has 1 unspecified atom stereocenters. The van der Waals surface area contributed by atoms with E-state index in [9.17, 15) is 9.59 Å². The quantitative estimate of drug-likeness (QED) is 0.773. The summed E-state index contributed by atoms with van der Waals surface area (Å²) >= 11 is 0. The Labute approximate surface area is 126 Å². The second kappa shape index (κ2) is 9.00. The van der Waals surface area contributed by atoms with Crippen molar-refractivity contribution in [3.63, 3.8) is 0 Å². The minimum Gasteiger partial charge on any atom is -0.481 e. The molecule has 5 heteroatoms. The summed E-state index contributed by atoms with van der Waals surface area (Å²) in [6, 6.07) is 9.71. The van der Waals surface area contributed by atoms with E-state index in [0.29, 0.717) is 13.0 Å². The normalized spacial score (nSPS) is 11.7. The van der Waals surface area contributed by atoms with E-state index in [4.69, 9.17) is 5.11 Å². The minimum atomic E-state index is -0.857. The Bertz CT molecular complexity index is 448. The summed E-state index contributed by atoms with van der Waals surface area (Å²) < 4.78 is 0. The number of hydrogen-bond acceptors (Lipinski definition) is 2. The maximum atomic E-state index is 11.9. The molecule has 1 aromatic carbocycles. The Hall–Kier alpha value is -2.04.